The van der Waals surface area contributed by atoms with E-state index in [1.54, 1.807) is 0 Å². The molecule has 4 amide bonds. The number of hydrogen-bond acceptors (Lipinski definition) is 8. The number of nitrogens with two attached hydrogens (primary N) is 3. The molecule has 1 aliphatic rings. The number of carboxylic acids is 1. The highest BCUT2D eigenvalue weighted by molar-refractivity contribution is 5.96. The summed E-state index contributed by atoms with van der Waals surface area (Å²) in [5.74, 6) is -4.26. The summed E-state index contributed by atoms with van der Waals surface area (Å²) in [6.45, 7) is -0.0874. The summed E-state index contributed by atoms with van der Waals surface area (Å²) in [7, 11) is 0. The number of rotatable bonds is 13. The average molecular weight is 444 g/mol. The van der Waals surface area contributed by atoms with E-state index in [2.05, 4.69) is 10.6 Å². The largest absolute Gasteiger partial charge is 0.480 e. The van der Waals surface area contributed by atoms with Crippen molar-refractivity contribution in [2.75, 3.05) is 19.7 Å². The first kappa shape index (κ1) is 26.3. The van der Waals surface area contributed by atoms with Crippen LogP contribution in [0, 0.1) is 0 Å². The number of unbranched alkanes of at least 4 members (excludes halogenated alkanes) is 1. The van der Waals surface area contributed by atoms with Gasteiger partial charge in [0.2, 0.25) is 23.6 Å². The summed E-state index contributed by atoms with van der Waals surface area (Å²) in [6, 6.07) is -4.75. The van der Waals surface area contributed by atoms with Crippen molar-refractivity contribution in [1.82, 2.24) is 15.5 Å². The number of aliphatic carboxylic acids is 1. The second-order valence-electron chi connectivity index (χ2n) is 7.39. The van der Waals surface area contributed by atoms with Gasteiger partial charge in [-0.2, -0.15) is 0 Å². The van der Waals surface area contributed by atoms with Crippen LogP contribution in [0.25, 0.3) is 0 Å². The smallest absolute Gasteiger partial charge is 0.326 e. The van der Waals surface area contributed by atoms with E-state index in [1.807, 2.05) is 0 Å². The Bertz CT molecular complexity index is 674. The Hall–Kier alpha value is -2.77. The molecule has 1 rings (SSSR count). The van der Waals surface area contributed by atoms with Gasteiger partial charge in [-0.3, -0.25) is 19.2 Å². The molecular weight excluding hydrogens is 412 g/mol. The first-order valence-electron chi connectivity index (χ1n) is 10.1. The molecule has 4 atom stereocenters. The summed E-state index contributed by atoms with van der Waals surface area (Å²) in [5.41, 5.74) is 16.0. The van der Waals surface area contributed by atoms with Crippen LogP contribution in [0.5, 0.6) is 0 Å². The number of amides is 4. The highest BCUT2D eigenvalue weighted by Gasteiger charge is 2.39. The fraction of sp³-hybridized carbons (Fsp3) is 0.722. The van der Waals surface area contributed by atoms with Gasteiger partial charge in [-0.25, -0.2) is 4.79 Å². The molecule has 0 aromatic carbocycles. The van der Waals surface area contributed by atoms with Crippen LogP contribution < -0.4 is 27.8 Å². The Balaban J connectivity index is 2.90. The number of nitrogens with zero attached hydrogens (tertiary/aromatic N) is 1. The molecule has 1 heterocycles. The van der Waals surface area contributed by atoms with Crippen molar-refractivity contribution >= 4 is 29.6 Å². The lowest BCUT2D eigenvalue weighted by Gasteiger charge is -2.29. The highest BCUT2D eigenvalue weighted by atomic mass is 16.4. The lowest BCUT2D eigenvalue weighted by atomic mass is 10.1. The molecule has 1 aliphatic heterocycles. The molecule has 0 aliphatic carbocycles. The van der Waals surface area contributed by atoms with E-state index in [4.69, 9.17) is 22.3 Å². The molecule has 13 nitrogen and oxygen atoms in total. The summed E-state index contributed by atoms with van der Waals surface area (Å²) in [6.07, 6.45) is 1.56. The predicted octanol–water partition coefficient (Wildman–Crippen LogP) is -3.64. The Morgan fingerprint density at radius 1 is 1.10 bits per heavy atom. The Morgan fingerprint density at radius 3 is 2.32 bits per heavy atom. The average Bonchev–Trinajstić information content (AvgIpc) is 3.20. The molecule has 13 heteroatoms. The molecule has 176 valence electrons. The van der Waals surface area contributed by atoms with Crippen LogP contribution in [-0.2, 0) is 24.0 Å². The zero-order valence-electron chi connectivity index (χ0n) is 17.3. The summed E-state index contributed by atoms with van der Waals surface area (Å²) >= 11 is 0. The monoisotopic (exact) mass is 444 g/mol. The van der Waals surface area contributed by atoms with Crippen LogP contribution in [0.15, 0.2) is 0 Å². The van der Waals surface area contributed by atoms with E-state index in [9.17, 15) is 29.1 Å². The summed E-state index contributed by atoms with van der Waals surface area (Å²) in [5, 5.41) is 23.1. The molecule has 0 aromatic rings. The van der Waals surface area contributed by atoms with Gasteiger partial charge in [0.05, 0.1) is 13.0 Å². The van der Waals surface area contributed by atoms with Gasteiger partial charge in [0, 0.05) is 6.54 Å². The fourth-order valence-corrected chi connectivity index (χ4v) is 3.28. The topological polar surface area (TPSA) is 231 Å². The molecule has 10 N–H and O–H groups in total. The van der Waals surface area contributed by atoms with Gasteiger partial charge in [-0.15, -0.1) is 0 Å². The lowest BCUT2D eigenvalue weighted by Crippen LogP contribution is -2.57. The number of carboxylic acid groups (broad SMARTS) is 1. The van der Waals surface area contributed by atoms with Crippen molar-refractivity contribution in [2.24, 2.45) is 17.2 Å². The van der Waals surface area contributed by atoms with E-state index >= 15 is 0 Å². The van der Waals surface area contributed by atoms with Crippen molar-refractivity contribution in [3.63, 3.8) is 0 Å². The first-order chi connectivity index (χ1) is 14.6. The number of aliphatic hydroxyl groups excluding tert-OH is 1. The minimum Gasteiger partial charge on any atom is -0.480 e. The second-order valence-corrected chi connectivity index (χ2v) is 7.39. The van der Waals surface area contributed by atoms with Gasteiger partial charge in [0.1, 0.15) is 24.2 Å². The van der Waals surface area contributed by atoms with Crippen molar-refractivity contribution in [3.8, 4) is 0 Å². The van der Waals surface area contributed by atoms with Gasteiger partial charge in [-0.1, -0.05) is 0 Å². The number of likely N-dealkylation sites (tertiary alicyclic amines) is 1. The quantitative estimate of drug-likeness (QED) is 0.139. The number of aliphatic hydroxyl groups is 1. The Labute approximate surface area is 179 Å². The predicted molar refractivity (Wildman–Crippen MR) is 108 cm³/mol. The normalized spacial score (nSPS) is 18.7. The lowest BCUT2D eigenvalue weighted by molar-refractivity contribution is -0.145. The third kappa shape index (κ3) is 8.11. The molecule has 0 spiro atoms. The van der Waals surface area contributed by atoms with E-state index in [0.29, 0.717) is 32.2 Å². The minimum absolute atomic E-state index is 0.180. The van der Waals surface area contributed by atoms with Crippen molar-refractivity contribution in [2.45, 2.75) is 62.7 Å². The highest BCUT2D eigenvalue weighted by Crippen LogP contribution is 2.20. The van der Waals surface area contributed by atoms with Crippen LogP contribution in [0.2, 0.25) is 0 Å². The molecular formula is C18H32N6O7. The third-order valence-corrected chi connectivity index (χ3v) is 4.95. The van der Waals surface area contributed by atoms with Gasteiger partial charge in [0.15, 0.2) is 0 Å². The molecule has 4 unspecified atom stereocenters. The SMILES string of the molecule is NCCCCC(NC(=O)C1CCCN1C(=O)C(CC(N)=O)NC(=O)C(N)CO)C(=O)O. The van der Waals surface area contributed by atoms with Crippen LogP contribution in [-0.4, -0.2) is 88.6 Å². The molecule has 31 heavy (non-hydrogen) atoms. The second kappa shape index (κ2) is 12.8. The number of carbonyl (C=O) groups is 5. The van der Waals surface area contributed by atoms with Crippen molar-refractivity contribution in [3.05, 3.63) is 0 Å². The van der Waals surface area contributed by atoms with Gasteiger partial charge >= 0.3 is 5.97 Å². The van der Waals surface area contributed by atoms with E-state index < -0.39 is 66.8 Å². The van der Waals surface area contributed by atoms with Gasteiger partial charge in [-0.05, 0) is 38.6 Å². The summed E-state index contributed by atoms with van der Waals surface area (Å²) < 4.78 is 0. The fourth-order valence-electron chi connectivity index (χ4n) is 3.28. The number of nitrogens with one attached hydrogen (secondary N) is 2. The maximum absolute atomic E-state index is 13.0. The van der Waals surface area contributed by atoms with Crippen LogP contribution >= 0.6 is 0 Å². The van der Waals surface area contributed by atoms with Gasteiger partial charge in [0.25, 0.3) is 0 Å². The first-order valence-corrected chi connectivity index (χ1v) is 10.1. The molecule has 0 bridgehead atoms. The van der Waals surface area contributed by atoms with Crippen LogP contribution in [0.3, 0.4) is 0 Å². The zero-order valence-corrected chi connectivity index (χ0v) is 17.3. The van der Waals surface area contributed by atoms with Crippen LogP contribution in [0.4, 0.5) is 0 Å². The zero-order chi connectivity index (χ0) is 23.6. The Kier molecular flexibility index (Phi) is 10.9. The molecule has 1 saturated heterocycles. The maximum atomic E-state index is 13.0. The maximum Gasteiger partial charge on any atom is 0.326 e. The number of hydrogen-bond donors (Lipinski definition) is 7. The molecule has 0 aromatic heterocycles. The summed E-state index contributed by atoms with van der Waals surface area (Å²) in [4.78, 5) is 61.6. The number of carbonyl (C=O) groups excluding carboxylic acids is 4. The van der Waals surface area contributed by atoms with Crippen LogP contribution in [0.1, 0.15) is 38.5 Å². The molecule has 0 saturated carbocycles. The molecule has 1 fully saturated rings. The van der Waals surface area contributed by atoms with Crippen molar-refractivity contribution < 1.29 is 34.2 Å². The minimum atomic E-state index is -1.36. The third-order valence-electron chi connectivity index (χ3n) is 4.95. The Morgan fingerprint density at radius 2 is 1.77 bits per heavy atom. The van der Waals surface area contributed by atoms with E-state index in [-0.39, 0.29) is 13.0 Å². The van der Waals surface area contributed by atoms with Gasteiger partial charge < -0.3 is 42.9 Å². The van der Waals surface area contributed by atoms with E-state index in [0.717, 1.165) is 0 Å². The number of primary amides is 1. The standard InChI is InChI=1S/C18H32N6O7/c19-6-2-1-4-11(18(30)31)22-16(28)13-5-3-7-24(13)17(29)12(8-14(21)26)23-15(27)10(20)9-25/h10-13,25H,1-9,19-20H2,(H2,21,26)(H,22,28)(H,23,27)(H,30,31). The van der Waals surface area contributed by atoms with E-state index in [1.165, 1.54) is 4.90 Å². The van der Waals surface area contributed by atoms with Crippen molar-refractivity contribution in [1.29, 1.82) is 0 Å². The molecule has 0 radical (unpaired) electrons.